The van der Waals surface area contributed by atoms with Crippen molar-refractivity contribution in [3.8, 4) is 0 Å². The summed E-state index contributed by atoms with van der Waals surface area (Å²) in [4.78, 5) is 0.346. The number of benzene rings is 1. The summed E-state index contributed by atoms with van der Waals surface area (Å²) in [6, 6.07) is 7.19. The summed E-state index contributed by atoms with van der Waals surface area (Å²) >= 11 is 0. The van der Waals surface area contributed by atoms with E-state index in [4.69, 9.17) is 0 Å². The molecule has 0 heterocycles. The number of likely N-dealkylation sites (N-methyl/N-ethyl adjacent to an activating group) is 1. The minimum absolute atomic E-state index is 0.00921. The van der Waals surface area contributed by atoms with Crippen LogP contribution in [0.15, 0.2) is 29.2 Å². The van der Waals surface area contributed by atoms with Gasteiger partial charge in [0.25, 0.3) is 0 Å². The third-order valence-electron chi connectivity index (χ3n) is 3.77. The van der Waals surface area contributed by atoms with E-state index in [9.17, 15) is 8.42 Å². The Labute approximate surface area is 115 Å². The average molecular weight is 282 g/mol. The van der Waals surface area contributed by atoms with Gasteiger partial charge in [-0.25, -0.2) is 13.1 Å². The van der Waals surface area contributed by atoms with Crippen molar-refractivity contribution in [2.24, 2.45) is 0 Å². The van der Waals surface area contributed by atoms with Gasteiger partial charge in [0, 0.05) is 12.1 Å². The van der Waals surface area contributed by atoms with Crippen LogP contribution in [0.4, 0.5) is 0 Å². The van der Waals surface area contributed by atoms with Gasteiger partial charge in [-0.2, -0.15) is 0 Å². The molecule has 0 bridgehead atoms. The van der Waals surface area contributed by atoms with Crippen LogP contribution in [-0.2, 0) is 10.0 Å². The summed E-state index contributed by atoms with van der Waals surface area (Å²) < 4.78 is 27.5. The molecule has 1 aliphatic carbocycles. The molecule has 1 aliphatic rings. The van der Waals surface area contributed by atoms with Crippen LogP contribution in [-0.4, -0.2) is 27.5 Å². The molecule has 1 aromatic carbocycles. The standard InChI is InChI=1S/C14H22N2O2S/c1-11-7-9-12(10-8-11)19(17,18)16-14-6-4-3-5-13(14)15-2/h7-10,13-16H,3-6H2,1-2H3/t13-,14-/m1/s1. The minimum atomic E-state index is -3.41. The lowest BCUT2D eigenvalue weighted by molar-refractivity contribution is 0.324. The van der Waals surface area contributed by atoms with E-state index in [1.165, 1.54) is 0 Å². The summed E-state index contributed by atoms with van der Waals surface area (Å²) in [5.74, 6) is 0. The highest BCUT2D eigenvalue weighted by Gasteiger charge is 2.28. The molecule has 2 atom stereocenters. The summed E-state index contributed by atoms with van der Waals surface area (Å²) in [7, 11) is -1.52. The first-order valence-electron chi connectivity index (χ1n) is 6.79. The summed E-state index contributed by atoms with van der Waals surface area (Å²) in [6.45, 7) is 1.95. The van der Waals surface area contributed by atoms with E-state index in [-0.39, 0.29) is 12.1 Å². The third-order valence-corrected chi connectivity index (χ3v) is 5.28. The fourth-order valence-corrected chi connectivity index (χ4v) is 3.91. The molecule has 4 nitrogen and oxygen atoms in total. The lowest BCUT2D eigenvalue weighted by atomic mass is 9.91. The molecule has 0 aliphatic heterocycles. The predicted molar refractivity (Wildman–Crippen MR) is 76.6 cm³/mol. The van der Waals surface area contributed by atoms with E-state index in [0.29, 0.717) is 4.90 Å². The van der Waals surface area contributed by atoms with Crippen molar-refractivity contribution in [2.75, 3.05) is 7.05 Å². The Morgan fingerprint density at radius 3 is 2.21 bits per heavy atom. The smallest absolute Gasteiger partial charge is 0.240 e. The summed E-state index contributed by atoms with van der Waals surface area (Å²) in [6.07, 6.45) is 4.17. The maximum Gasteiger partial charge on any atom is 0.240 e. The Kier molecular flexibility index (Phi) is 4.60. The van der Waals surface area contributed by atoms with Gasteiger partial charge in [0.2, 0.25) is 10.0 Å². The van der Waals surface area contributed by atoms with Gasteiger partial charge in [-0.05, 0) is 38.9 Å². The molecular weight excluding hydrogens is 260 g/mol. The monoisotopic (exact) mass is 282 g/mol. The van der Waals surface area contributed by atoms with Crippen LogP contribution < -0.4 is 10.0 Å². The highest BCUT2D eigenvalue weighted by Crippen LogP contribution is 2.20. The van der Waals surface area contributed by atoms with Crippen LogP contribution in [0.25, 0.3) is 0 Å². The SMILES string of the molecule is CN[C@@H]1CCCC[C@H]1NS(=O)(=O)c1ccc(C)cc1. The predicted octanol–water partition coefficient (Wildman–Crippen LogP) is 1.80. The molecule has 5 heteroatoms. The van der Waals surface area contributed by atoms with Gasteiger partial charge in [0.05, 0.1) is 4.90 Å². The van der Waals surface area contributed by atoms with Crippen LogP contribution >= 0.6 is 0 Å². The fourth-order valence-electron chi connectivity index (χ4n) is 2.60. The summed E-state index contributed by atoms with van der Waals surface area (Å²) in [5.41, 5.74) is 1.06. The highest BCUT2D eigenvalue weighted by molar-refractivity contribution is 7.89. The van der Waals surface area contributed by atoms with E-state index in [1.807, 2.05) is 26.1 Å². The maximum absolute atomic E-state index is 12.3. The lowest BCUT2D eigenvalue weighted by Crippen LogP contribution is -2.50. The van der Waals surface area contributed by atoms with Crippen molar-refractivity contribution in [3.63, 3.8) is 0 Å². The zero-order chi connectivity index (χ0) is 13.9. The Morgan fingerprint density at radius 2 is 1.63 bits per heavy atom. The van der Waals surface area contributed by atoms with Crippen molar-refractivity contribution >= 4 is 10.0 Å². The molecule has 1 aromatic rings. The average Bonchev–Trinajstić information content (AvgIpc) is 2.39. The van der Waals surface area contributed by atoms with E-state index in [1.54, 1.807) is 12.1 Å². The second kappa shape index (κ2) is 6.03. The van der Waals surface area contributed by atoms with Gasteiger partial charge in [-0.3, -0.25) is 0 Å². The first-order chi connectivity index (χ1) is 9.03. The molecule has 106 valence electrons. The first-order valence-corrected chi connectivity index (χ1v) is 8.27. The third kappa shape index (κ3) is 3.55. The quantitative estimate of drug-likeness (QED) is 0.885. The molecule has 1 fully saturated rings. The van der Waals surface area contributed by atoms with Crippen LogP contribution in [0, 0.1) is 6.92 Å². The van der Waals surface area contributed by atoms with Gasteiger partial charge >= 0.3 is 0 Å². The largest absolute Gasteiger partial charge is 0.315 e. The van der Waals surface area contributed by atoms with Crippen LogP contribution in [0.1, 0.15) is 31.2 Å². The number of rotatable bonds is 4. The molecule has 2 N–H and O–H groups in total. The number of hydrogen-bond donors (Lipinski definition) is 2. The summed E-state index contributed by atoms with van der Waals surface area (Å²) in [5, 5.41) is 3.21. The Morgan fingerprint density at radius 1 is 1.05 bits per heavy atom. The van der Waals surface area contributed by atoms with Gasteiger partial charge in [0.15, 0.2) is 0 Å². The van der Waals surface area contributed by atoms with Crippen molar-refractivity contribution in [1.82, 2.24) is 10.0 Å². The lowest BCUT2D eigenvalue weighted by Gasteiger charge is -2.31. The molecule has 0 radical (unpaired) electrons. The zero-order valence-corrected chi connectivity index (χ0v) is 12.3. The Hall–Kier alpha value is -0.910. The number of nitrogens with one attached hydrogen (secondary N) is 2. The molecular formula is C14H22N2O2S. The molecule has 0 unspecified atom stereocenters. The highest BCUT2D eigenvalue weighted by atomic mass is 32.2. The number of aryl methyl sites for hydroxylation is 1. The number of sulfonamides is 1. The van der Waals surface area contributed by atoms with Crippen LogP contribution in [0.3, 0.4) is 0 Å². The van der Waals surface area contributed by atoms with Gasteiger partial charge in [0.1, 0.15) is 0 Å². The van der Waals surface area contributed by atoms with E-state index in [2.05, 4.69) is 10.0 Å². The molecule has 1 saturated carbocycles. The van der Waals surface area contributed by atoms with E-state index >= 15 is 0 Å². The van der Waals surface area contributed by atoms with Crippen LogP contribution in [0.2, 0.25) is 0 Å². The fraction of sp³-hybridized carbons (Fsp3) is 0.571. The normalized spacial score (nSPS) is 24.3. The van der Waals surface area contributed by atoms with Gasteiger partial charge < -0.3 is 5.32 Å². The maximum atomic E-state index is 12.3. The molecule has 19 heavy (non-hydrogen) atoms. The molecule has 0 amide bonds. The van der Waals surface area contributed by atoms with Crippen molar-refractivity contribution in [1.29, 1.82) is 0 Å². The van der Waals surface area contributed by atoms with E-state index in [0.717, 1.165) is 31.2 Å². The van der Waals surface area contributed by atoms with Crippen molar-refractivity contribution in [2.45, 2.75) is 49.6 Å². The Bertz CT molecular complexity index is 511. The Balaban J connectivity index is 2.14. The van der Waals surface area contributed by atoms with Crippen LogP contribution in [0.5, 0.6) is 0 Å². The topological polar surface area (TPSA) is 58.2 Å². The second-order valence-corrected chi connectivity index (χ2v) is 6.93. The molecule has 0 saturated heterocycles. The molecule has 0 aromatic heterocycles. The number of hydrogen-bond acceptors (Lipinski definition) is 3. The second-order valence-electron chi connectivity index (χ2n) is 5.22. The first kappa shape index (κ1) is 14.5. The minimum Gasteiger partial charge on any atom is -0.315 e. The van der Waals surface area contributed by atoms with Gasteiger partial charge in [-0.15, -0.1) is 0 Å². The van der Waals surface area contributed by atoms with Crippen molar-refractivity contribution in [3.05, 3.63) is 29.8 Å². The molecule has 0 spiro atoms. The van der Waals surface area contributed by atoms with Gasteiger partial charge in [-0.1, -0.05) is 30.5 Å². The van der Waals surface area contributed by atoms with Crippen molar-refractivity contribution < 1.29 is 8.42 Å². The van der Waals surface area contributed by atoms with E-state index < -0.39 is 10.0 Å². The molecule has 2 rings (SSSR count). The zero-order valence-electron chi connectivity index (χ0n) is 11.5.